The van der Waals surface area contributed by atoms with E-state index in [0.717, 1.165) is 77.2 Å². The molecular formula is C45H24N2O2. The largest absolute Gasteiger partial charge is 0.456 e. The van der Waals surface area contributed by atoms with E-state index in [1.165, 1.54) is 37.7 Å². The minimum absolute atomic E-state index is 0.851. The van der Waals surface area contributed by atoms with Crippen LogP contribution in [0.2, 0.25) is 0 Å². The molecule has 49 heavy (non-hydrogen) atoms. The van der Waals surface area contributed by atoms with E-state index in [9.17, 15) is 0 Å². The molecule has 0 unspecified atom stereocenters. The molecule has 4 nitrogen and oxygen atoms in total. The molecule has 8 aromatic carbocycles. The Morgan fingerprint density at radius 3 is 2.02 bits per heavy atom. The average Bonchev–Trinajstić information content (AvgIpc) is 3.85. The summed E-state index contributed by atoms with van der Waals surface area (Å²) < 4.78 is 15.8. The Kier molecular flexibility index (Phi) is 4.69. The molecule has 0 spiro atoms. The number of fused-ring (bicyclic) bond motifs is 19. The first kappa shape index (κ1) is 25.4. The number of imidazole rings is 1. The van der Waals surface area contributed by atoms with Crippen LogP contribution in [0.3, 0.4) is 0 Å². The topological polar surface area (TPSA) is 43.6 Å². The molecule has 12 aromatic rings. The molecule has 4 aromatic heterocycles. The van der Waals surface area contributed by atoms with Gasteiger partial charge in [0.25, 0.3) is 0 Å². The van der Waals surface area contributed by atoms with Crippen LogP contribution in [0, 0.1) is 0 Å². The van der Waals surface area contributed by atoms with Gasteiger partial charge < -0.3 is 8.83 Å². The quantitative estimate of drug-likeness (QED) is 0.171. The highest BCUT2D eigenvalue weighted by Crippen LogP contribution is 2.47. The first-order chi connectivity index (χ1) is 24.3. The predicted molar refractivity (Wildman–Crippen MR) is 203 cm³/mol. The van der Waals surface area contributed by atoms with Gasteiger partial charge in [0, 0.05) is 37.9 Å². The van der Waals surface area contributed by atoms with E-state index in [2.05, 4.69) is 144 Å². The number of furan rings is 2. The number of aromatic nitrogens is 2. The summed E-state index contributed by atoms with van der Waals surface area (Å²) >= 11 is 0. The third kappa shape index (κ3) is 3.25. The van der Waals surface area contributed by atoms with Crippen LogP contribution in [0.15, 0.2) is 154 Å². The van der Waals surface area contributed by atoms with Crippen molar-refractivity contribution in [3.05, 3.63) is 146 Å². The van der Waals surface area contributed by atoms with Crippen LogP contribution in [0.5, 0.6) is 0 Å². The number of hydrogen-bond donors (Lipinski definition) is 0. The third-order valence-electron chi connectivity index (χ3n) is 10.5. The first-order valence-corrected chi connectivity index (χ1v) is 16.6. The van der Waals surface area contributed by atoms with Crippen molar-refractivity contribution in [3.63, 3.8) is 0 Å². The Bertz CT molecular complexity index is 3400. The summed E-state index contributed by atoms with van der Waals surface area (Å²) in [6.07, 6.45) is 0. The zero-order chi connectivity index (χ0) is 31.8. The van der Waals surface area contributed by atoms with Gasteiger partial charge in [-0.3, -0.25) is 4.40 Å². The van der Waals surface area contributed by atoms with Crippen molar-refractivity contribution in [3.8, 4) is 11.1 Å². The lowest BCUT2D eigenvalue weighted by atomic mass is 9.94. The van der Waals surface area contributed by atoms with Gasteiger partial charge in [-0.15, -0.1) is 0 Å². The molecule has 0 aliphatic carbocycles. The van der Waals surface area contributed by atoms with Gasteiger partial charge in [-0.1, -0.05) is 109 Å². The molecule has 4 heteroatoms. The molecule has 0 bridgehead atoms. The van der Waals surface area contributed by atoms with Gasteiger partial charge in [0.15, 0.2) is 0 Å². The second-order valence-corrected chi connectivity index (χ2v) is 13.1. The molecule has 0 saturated heterocycles. The van der Waals surface area contributed by atoms with Crippen LogP contribution in [0.1, 0.15) is 0 Å². The zero-order valence-corrected chi connectivity index (χ0v) is 26.1. The lowest BCUT2D eigenvalue weighted by Gasteiger charge is -2.13. The minimum atomic E-state index is 0.851. The summed E-state index contributed by atoms with van der Waals surface area (Å²) in [4.78, 5) is 5.24. The molecular weight excluding hydrogens is 601 g/mol. The van der Waals surface area contributed by atoms with Crippen LogP contribution in [-0.2, 0) is 0 Å². The van der Waals surface area contributed by atoms with E-state index < -0.39 is 0 Å². The van der Waals surface area contributed by atoms with Gasteiger partial charge in [-0.25, -0.2) is 4.98 Å². The third-order valence-corrected chi connectivity index (χ3v) is 10.5. The Hall–Kier alpha value is -6.65. The van der Waals surface area contributed by atoms with Crippen molar-refractivity contribution in [1.29, 1.82) is 0 Å². The first-order valence-electron chi connectivity index (χ1n) is 16.6. The predicted octanol–water partition coefficient (Wildman–Crippen LogP) is 12.6. The molecule has 4 heterocycles. The highest BCUT2D eigenvalue weighted by molar-refractivity contribution is 6.32. The maximum Gasteiger partial charge on any atom is 0.147 e. The molecule has 0 amide bonds. The fourth-order valence-corrected chi connectivity index (χ4v) is 8.42. The Labute approximate surface area is 278 Å². The molecule has 0 aliphatic heterocycles. The number of para-hydroxylation sites is 3. The van der Waals surface area contributed by atoms with Crippen molar-refractivity contribution in [2.75, 3.05) is 0 Å². The van der Waals surface area contributed by atoms with Crippen molar-refractivity contribution in [2.45, 2.75) is 0 Å². The van der Waals surface area contributed by atoms with Crippen LogP contribution >= 0.6 is 0 Å². The van der Waals surface area contributed by atoms with E-state index in [4.69, 9.17) is 13.8 Å². The SMILES string of the molecule is c1ccc2c(c1)ccc1oc3cc(-c4ccc5c6ccc7ccccc7c6c6nc7ccccc7n6c5c4)c4oc5ccccc5c4c3c12. The minimum Gasteiger partial charge on any atom is -0.456 e. The van der Waals surface area contributed by atoms with Gasteiger partial charge >= 0.3 is 0 Å². The summed E-state index contributed by atoms with van der Waals surface area (Å²) in [6.45, 7) is 0. The summed E-state index contributed by atoms with van der Waals surface area (Å²) in [6, 6.07) is 51.6. The van der Waals surface area contributed by atoms with Crippen molar-refractivity contribution >= 4 is 104 Å². The lowest BCUT2D eigenvalue weighted by molar-refractivity contribution is 0.664. The molecule has 0 saturated carbocycles. The van der Waals surface area contributed by atoms with Crippen LogP contribution in [0.25, 0.3) is 115 Å². The number of benzene rings is 8. The summed E-state index contributed by atoms with van der Waals surface area (Å²) in [5, 5.41) is 12.7. The molecule has 0 atom stereocenters. The van der Waals surface area contributed by atoms with E-state index in [1.54, 1.807) is 0 Å². The standard InChI is InChI=1S/C45H24N2O2/c1-3-11-28-25(9-1)17-21-31-30-20-18-27(23-36(30)47-35-15-7-6-14-34(35)46-45(47)40(28)31)33-24-39-43(42-32-13-5-8-16-37(32)49-44(33)42)41-29-12-4-2-10-26(29)19-22-38(41)48-39/h1-24H. The second kappa shape index (κ2) is 9.03. The van der Waals surface area contributed by atoms with Gasteiger partial charge in [0.2, 0.25) is 0 Å². The van der Waals surface area contributed by atoms with Crippen molar-refractivity contribution in [2.24, 2.45) is 0 Å². The monoisotopic (exact) mass is 624 g/mol. The fourth-order valence-electron chi connectivity index (χ4n) is 8.42. The van der Waals surface area contributed by atoms with Crippen molar-refractivity contribution in [1.82, 2.24) is 9.38 Å². The normalized spacial score (nSPS) is 12.5. The number of rotatable bonds is 1. The molecule has 0 radical (unpaired) electrons. The van der Waals surface area contributed by atoms with Crippen molar-refractivity contribution < 1.29 is 8.83 Å². The Morgan fingerprint density at radius 2 is 1.14 bits per heavy atom. The van der Waals surface area contributed by atoms with E-state index in [0.29, 0.717) is 0 Å². The lowest BCUT2D eigenvalue weighted by Crippen LogP contribution is -1.93. The maximum absolute atomic E-state index is 6.79. The number of nitrogens with zero attached hydrogens (tertiary/aromatic N) is 2. The molecule has 0 aliphatic rings. The fraction of sp³-hybridized carbons (Fsp3) is 0. The molecule has 0 fully saturated rings. The Morgan fingerprint density at radius 1 is 0.429 bits per heavy atom. The highest BCUT2D eigenvalue weighted by Gasteiger charge is 2.23. The van der Waals surface area contributed by atoms with Gasteiger partial charge in [-0.2, -0.15) is 0 Å². The van der Waals surface area contributed by atoms with E-state index >= 15 is 0 Å². The summed E-state index contributed by atoms with van der Waals surface area (Å²) in [7, 11) is 0. The second-order valence-electron chi connectivity index (χ2n) is 13.1. The summed E-state index contributed by atoms with van der Waals surface area (Å²) in [5.74, 6) is 0. The van der Waals surface area contributed by atoms with Gasteiger partial charge in [0.1, 0.15) is 28.0 Å². The maximum atomic E-state index is 6.79. The summed E-state index contributed by atoms with van der Waals surface area (Å²) in [5.41, 5.74) is 9.64. The molecule has 12 rings (SSSR count). The Balaban J connectivity index is 1.25. The zero-order valence-electron chi connectivity index (χ0n) is 26.1. The van der Waals surface area contributed by atoms with E-state index in [-0.39, 0.29) is 0 Å². The molecule has 226 valence electrons. The smallest absolute Gasteiger partial charge is 0.147 e. The van der Waals surface area contributed by atoms with Gasteiger partial charge in [-0.05, 0) is 68.9 Å². The van der Waals surface area contributed by atoms with Crippen LogP contribution < -0.4 is 0 Å². The van der Waals surface area contributed by atoms with Gasteiger partial charge in [0.05, 0.1) is 16.6 Å². The van der Waals surface area contributed by atoms with Crippen LogP contribution in [-0.4, -0.2) is 9.38 Å². The van der Waals surface area contributed by atoms with E-state index in [1.807, 2.05) is 6.07 Å². The highest BCUT2D eigenvalue weighted by atomic mass is 16.3. The molecule has 0 N–H and O–H groups in total. The number of pyridine rings is 1. The number of hydrogen-bond acceptors (Lipinski definition) is 3. The van der Waals surface area contributed by atoms with Crippen LogP contribution in [0.4, 0.5) is 0 Å². The average molecular weight is 625 g/mol.